The number of benzene rings is 3. The molecule has 0 N–H and O–H groups in total. The molecule has 0 nitrogen and oxygen atoms in total. The van der Waals surface area contributed by atoms with Gasteiger partial charge in [0.25, 0.3) is 0 Å². The van der Waals surface area contributed by atoms with Crippen LogP contribution >= 0.6 is 0 Å². The normalized spacial score (nSPS) is 10.4. The van der Waals surface area contributed by atoms with E-state index < -0.39 is 46.0 Å². The van der Waals surface area contributed by atoms with Crippen LogP contribution in [0.15, 0.2) is 42.5 Å². The summed E-state index contributed by atoms with van der Waals surface area (Å²) in [6.07, 6.45) is 0. The number of rotatable bonds is 2. The first kappa shape index (κ1) is 20.6. The molecule has 27 heavy (non-hydrogen) atoms. The third kappa shape index (κ3) is 4.15. The van der Waals surface area contributed by atoms with E-state index in [4.69, 9.17) is 0 Å². The summed E-state index contributed by atoms with van der Waals surface area (Å²) in [6, 6.07) is 5.95. The van der Waals surface area contributed by atoms with Gasteiger partial charge in [0.1, 0.15) is 23.3 Å². The lowest BCUT2D eigenvalue weighted by Crippen LogP contribution is -1.97. The second kappa shape index (κ2) is 8.29. The molecule has 0 unspecified atom stereocenters. The fourth-order valence-electron chi connectivity index (χ4n) is 2.62. The lowest BCUT2D eigenvalue weighted by atomic mass is 9.97. The largest absolute Gasteiger partial charge is 0.206 e. The minimum absolute atomic E-state index is 0.231. The van der Waals surface area contributed by atoms with E-state index in [1.54, 1.807) is 0 Å². The van der Waals surface area contributed by atoms with Gasteiger partial charge in [-0.3, -0.25) is 0 Å². The molecule has 3 aromatic carbocycles. The van der Waals surface area contributed by atoms with Crippen LogP contribution in [0.2, 0.25) is 0 Å². The Labute approximate surface area is 153 Å². The summed E-state index contributed by atoms with van der Waals surface area (Å²) in [5.41, 5.74) is -1.43. The quantitative estimate of drug-likeness (QED) is 0.412. The molecule has 0 aromatic heterocycles. The lowest BCUT2D eigenvalue weighted by molar-refractivity contribution is 0.508. The van der Waals surface area contributed by atoms with E-state index in [0.29, 0.717) is 11.6 Å². The van der Waals surface area contributed by atoms with Crippen molar-refractivity contribution >= 4 is 0 Å². The Bertz CT molecular complexity index is 932. The van der Waals surface area contributed by atoms with Crippen LogP contribution in [0, 0.1) is 41.8 Å². The predicted molar refractivity (Wildman–Crippen MR) is 93.1 cm³/mol. The molecule has 0 saturated heterocycles. The van der Waals surface area contributed by atoms with Crippen molar-refractivity contribution in [3.8, 4) is 22.3 Å². The van der Waals surface area contributed by atoms with Gasteiger partial charge in [-0.05, 0) is 60.0 Å². The van der Waals surface area contributed by atoms with Crippen LogP contribution in [0.25, 0.3) is 22.3 Å². The summed E-state index contributed by atoms with van der Waals surface area (Å²) in [6.45, 7) is 5.48. The van der Waals surface area contributed by atoms with Crippen molar-refractivity contribution in [1.29, 1.82) is 0 Å². The van der Waals surface area contributed by atoms with Gasteiger partial charge in [0, 0.05) is 0 Å². The Morgan fingerprint density at radius 3 is 1.37 bits per heavy atom. The van der Waals surface area contributed by atoms with Crippen molar-refractivity contribution in [2.45, 2.75) is 20.8 Å². The highest BCUT2D eigenvalue weighted by Gasteiger charge is 2.19. The number of halogens is 6. The molecule has 0 aliphatic carbocycles. The van der Waals surface area contributed by atoms with Crippen LogP contribution in [0.4, 0.5) is 26.3 Å². The van der Waals surface area contributed by atoms with E-state index in [9.17, 15) is 26.3 Å². The second-order valence-corrected chi connectivity index (χ2v) is 5.55. The summed E-state index contributed by atoms with van der Waals surface area (Å²) in [4.78, 5) is 0. The minimum Gasteiger partial charge on any atom is -0.206 e. The van der Waals surface area contributed by atoms with E-state index in [1.165, 1.54) is 6.92 Å². The van der Waals surface area contributed by atoms with Gasteiger partial charge >= 0.3 is 0 Å². The maximum absolute atomic E-state index is 14.4. The summed E-state index contributed by atoms with van der Waals surface area (Å²) in [5.74, 6) is -6.66. The molecule has 0 amide bonds. The first-order chi connectivity index (χ1) is 12.8. The van der Waals surface area contributed by atoms with Gasteiger partial charge in [0.15, 0.2) is 11.6 Å². The maximum atomic E-state index is 14.4. The van der Waals surface area contributed by atoms with Crippen LogP contribution in [0.1, 0.15) is 19.4 Å². The van der Waals surface area contributed by atoms with E-state index >= 15 is 0 Å². The van der Waals surface area contributed by atoms with E-state index in [1.807, 2.05) is 13.8 Å². The van der Waals surface area contributed by atoms with Crippen LogP contribution in [0.3, 0.4) is 0 Å². The third-order valence-electron chi connectivity index (χ3n) is 3.73. The molecule has 3 rings (SSSR count). The molecule has 0 aliphatic rings. The smallest absolute Gasteiger partial charge is 0.159 e. The molecule has 0 heterocycles. The lowest BCUT2D eigenvalue weighted by Gasteiger charge is -2.11. The molecule has 142 valence electrons. The zero-order valence-electron chi connectivity index (χ0n) is 14.8. The number of hydrogen-bond donors (Lipinski definition) is 0. The van der Waals surface area contributed by atoms with Crippen molar-refractivity contribution in [3.63, 3.8) is 0 Å². The molecule has 6 heteroatoms. The summed E-state index contributed by atoms with van der Waals surface area (Å²) in [5, 5.41) is 0. The summed E-state index contributed by atoms with van der Waals surface area (Å²) in [7, 11) is 0. The van der Waals surface area contributed by atoms with Gasteiger partial charge < -0.3 is 0 Å². The molecule has 0 fully saturated rings. The van der Waals surface area contributed by atoms with Gasteiger partial charge in [-0.1, -0.05) is 19.9 Å². The SMILES string of the molecule is CC.Cc1cc(F)c(-c2cc(F)c(-c3ccc(F)c(F)c3)c(F)c2)c(F)c1. The first-order valence-corrected chi connectivity index (χ1v) is 8.18. The molecule has 0 saturated carbocycles. The van der Waals surface area contributed by atoms with E-state index in [0.717, 1.165) is 36.4 Å². The van der Waals surface area contributed by atoms with E-state index in [-0.39, 0.29) is 11.1 Å². The van der Waals surface area contributed by atoms with Gasteiger partial charge in [0.05, 0.1) is 11.1 Å². The fourth-order valence-corrected chi connectivity index (χ4v) is 2.62. The maximum Gasteiger partial charge on any atom is 0.159 e. The predicted octanol–water partition coefficient (Wildman–Crippen LogP) is 7.19. The van der Waals surface area contributed by atoms with Crippen LogP contribution in [-0.2, 0) is 0 Å². The first-order valence-electron chi connectivity index (χ1n) is 8.18. The minimum atomic E-state index is -1.27. The topological polar surface area (TPSA) is 0 Å². The van der Waals surface area contributed by atoms with Gasteiger partial charge in [-0.25, -0.2) is 26.3 Å². The molecule has 0 aliphatic heterocycles. The zero-order chi connectivity index (χ0) is 20.3. The molecule has 0 atom stereocenters. The van der Waals surface area contributed by atoms with Crippen LogP contribution < -0.4 is 0 Å². The highest BCUT2D eigenvalue weighted by atomic mass is 19.2. The van der Waals surface area contributed by atoms with Crippen LogP contribution in [0.5, 0.6) is 0 Å². The van der Waals surface area contributed by atoms with Crippen molar-refractivity contribution in [2.75, 3.05) is 0 Å². The Morgan fingerprint density at radius 1 is 0.481 bits per heavy atom. The third-order valence-corrected chi connectivity index (χ3v) is 3.73. The Balaban J connectivity index is 0.00000126. The highest BCUT2D eigenvalue weighted by Crippen LogP contribution is 2.34. The van der Waals surface area contributed by atoms with E-state index in [2.05, 4.69) is 0 Å². The second-order valence-electron chi connectivity index (χ2n) is 5.55. The molecule has 0 radical (unpaired) electrons. The Morgan fingerprint density at radius 2 is 0.889 bits per heavy atom. The number of aryl methyl sites for hydroxylation is 1. The van der Waals surface area contributed by atoms with Crippen molar-refractivity contribution in [3.05, 3.63) is 82.9 Å². The monoisotopic (exact) mass is 382 g/mol. The van der Waals surface area contributed by atoms with Crippen molar-refractivity contribution in [2.24, 2.45) is 0 Å². The summed E-state index contributed by atoms with van der Waals surface area (Å²) >= 11 is 0. The van der Waals surface area contributed by atoms with Crippen molar-refractivity contribution < 1.29 is 26.3 Å². The zero-order valence-corrected chi connectivity index (χ0v) is 14.8. The average Bonchev–Trinajstić information content (AvgIpc) is 2.58. The highest BCUT2D eigenvalue weighted by molar-refractivity contribution is 5.72. The van der Waals surface area contributed by atoms with Gasteiger partial charge in [-0.2, -0.15) is 0 Å². The molecule has 0 bridgehead atoms. The fraction of sp³-hybridized carbons (Fsp3) is 0.143. The summed E-state index contributed by atoms with van der Waals surface area (Å²) < 4.78 is 83.0. The van der Waals surface area contributed by atoms with Crippen LogP contribution in [-0.4, -0.2) is 0 Å². The Hall–Kier alpha value is -2.76. The standard InChI is InChI=1S/C19H10F6.C2H6/c1-9-4-14(22)19(15(23)5-9)11-7-16(24)18(17(25)8-11)10-2-3-12(20)13(21)6-10;1-2/h2-8H,1H3;1-2H3. The molecular formula is C21H16F6. The number of hydrogen-bond acceptors (Lipinski definition) is 0. The van der Waals surface area contributed by atoms with Gasteiger partial charge in [0.2, 0.25) is 0 Å². The Kier molecular flexibility index (Phi) is 6.31. The molecule has 0 spiro atoms. The van der Waals surface area contributed by atoms with Crippen molar-refractivity contribution in [1.82, 2.24) is 0 Å². The van der Waals surface area contributed by atoms with Gasteiger partial charge in [-0.15, -0.1) is 0 Å². The average molecular weight is 382 g/mol. The molecular weight excluding hydrogens is 366 g/mol. The molecule has 3 aromatic rings.